The number of hydrogen-bond acceptors (Lipinski definition) is 4. The van der Waals surface area contributed by atoms with Crippen LogP contribution in [0.3, 0.4) is 0 Å². The molecule has 2 rings (SSSR count). The van der Waals surface area contributed by atoms with Crippen LogP contribution >= 0.6 is 0 Å². The first kappa shape index (κ1) is 8.03. The van der Waals surface area contributed by atoms with Crippen LogP contribution < -0.4 is 4.74 Å². The van der Waals surface area contributed by atoms with Crippen LogP contribution in [-0.4, -0.2) is 32.7 Å². The summed E-state index contributed by atoms with van der Waals surface area (Å²) in [6.07, 6.45) is 1.68. The van der Waals surface area contributed by atoms with Crippen molar-refractivity contribution in [1.29, 1.82) is 0 Å². The minimum Gasteiger partial charge on any atom is -0.480 e. The number of fused-ring (bicyclic) bond motifs is 1. The maximum Gasteiger partial charge on any atom is 0.325 e. The summed E-state index contributed by atoms with van der Waals surface area (Å²) >= 11 is 0. The fraction of sp³-hybridized carbons (Fsp3) is 0.571. The number of rotatable bonds is 2. The molecule has 6 heteroatoms. The third kappa shape index (κ3) is 1.47. The smallest absolute Gasteiger partial charge is 0.325 e. The Balaban J connectivity index is 2.26. The predicted octanol–water partition coefficient (Wildman–Crippen LogP) is -0.312. The van der Waals surface area contributed by atoms with Crippen LogP contribution in [0.5, 0.6) is 5.88 Å². The lowest BCUT2D eigenvalue weighted by molar-refractivity contribution is -0.138. The second-order valence-corrected chi connectivity index (χ2v) is 2.84. The fourth-order valence-corrected chi connectivity index (χ4v) is 1.33. The fourth-order valence-electron chi connectivity index (χ4n) is 1.33. The van der Waals surface area contributed by atoms with E-state index < -0.39 is 5.97 Å². The van der Waals surface area contributed by atoms with Crippen LogP contribution in [0.4, 0.5) is 0 Å². The largest absolute Gasteiger partial charge is 0.480 e. The Bertz CT molecular complexity index is 334. The summed E-state index contributed by atoms with van der Waals surface area (Å²) in [6, 6.07) is 0. The van der Waals surface area contributed by atoms with Gasteiger partial charge in [0.05, 0.1) is 6.61 Å². The van der Waals surface area contributed by atoms with Gasteiger partial charge < -0.3 is 9.84 Å². The zero-order chi connectivity index (χ0) is 9.26. The molecule has 0 aliphatic carbocycles. The first-order chi connectivity index (χ1) is 6.27. The number of hydrogen-bond donors (Lipinski definition) is 1. The molecule has 6 nitrogen and oxygen atoms in total. The molecule has 1 N–H and O–H groups in total. The van der Waals surface area contributed by atoms with Crippen LogP contribution in [0.25, 0.3) is 0 Å². The molecule has 2 heterocycles. The second-order valence-electron chi connectivity index (χ2n) is 2.84. The second kappa shape index (κ2) is 3.04. The molecule has 0 saturated heterocycles. The Hall–Kier alpha value is -1.59. The van der Waals surface area contributed by atoms with E-state index in [1.54, 1.807) is 0 Å². The Morgan fingerprint density at radius 3 is 3.31 bits per heavy atom. The first-order valence-electron chi connectivity index (χ1n) is 4.04. The van der Waals surface area contributed by atoms with Gasteiger partial charge in [-0.2, -0.15) is 0 Å². The van der Waals surface area contributed by atoms with Crippen molar-refractivity contribution in [3.63, 3.8) is 0 Å². The molecule has 1 aliphatic heterocycles. The van der Waals surface area contributed by atoms with Gasteiger partial charge in [-0.05, 0) is 12.8 Å². The van der Waals surface area contributed by atoms with Crippen molar-refractivity contribution < 1.29 is 14.6 Å². The van der Waals surface area contributed by atoms with Gasteiger partial charge in [0.25, 0.3) is 5.88 Å². The number of carboxylic acids is 1. The van der Waals surface area contributed by atoms with Crippen molar-refractivity contribution >= 4 is 5.97 Å². The van der Waals surface area contributed by atoms with Crippen molar-refractivity contribution in [3.05, 3.63) is 5.69 Å². The van der Waals surface area contributed by atoms with Gasteiger partial charge in [-0.15, -0.1) is 0 Å². The van der Waals surface area contributed by atoms with Gasteiger partial charge in [-0.1, -0.05) is 10.3 Å². The van der Waals surface area contributed by atoms with Gasteiger partial charge in [-0.25, -0.2) is 4.68 Å². The zero-order valence-corrected chi connectivity index (χ0v) is 6.93. The molecule has 13 heavy (non-hydrogen) atoms. The van der Waals surface area contributed by atoms with Crippen LogP contribution in [0.15, 0.2) is 0 Å². The monoisotopic (exact) mass is 183 g/mol. The van der Waals surface area contributed by atoms with Crippen molar-refractivity contribution in [2.75, 3.05) is 6.61 Å². The summed E-state index contributed by atoms with van der Waals surface area (Å²) in [5.41, 5.74) is 0.786. The lowest BCUT2D eigenvalue weighted by Crippen LogP contribution is -2.16. The van der Waals surface area contributed by atoms with Crippen molar-refractivity contribution in [2.45, 2.75) is 19.4 Å². The number of carboxylic acid groups (broad SMARTS) is 1. The van der Waals surface area contributed by atoms with Crippen molar-refractivity contribution in [3.8, 4) is 5.88 Å². The van der Waals surface area contributed by atoms with Crippen LogP contribution in [0.1, 0.15) is 12.1 Å². The van der Waals surface area contributed by atoms with Crippen LogP contribution in [-0.2, 0) is 17.8 Å². The van der Waals surface area contributed by atoms with E-state index in [4.69, 9.17) is 9.84 Å². The molecule has 0 bridgehead atoms. The van der Waals surface area contributed by atoms with Gasteiger partial charge in [0.1, 0.15) is 12.2 Å². The minimum absolute atomic E-state index is 0.147. The molecule has 1 aromatic heterocycles. The molecular weight excluding hydrogens is 174 g/mol. The van der Waals surface area contributed by atoms with Crippen molar-refractivity contribution in [1.82, 2.24) is 15.0 Å². The van der Waals surface area contributed by atoms with Gasteiger partial charge in [0.15, 0.2) is 0 Å². The Morgan fingerprint density at radius 2 is 2.54 bits per heavy atom. The number of aliphatic carboxylic acids is 1. The predicted molar refractivity (Wildman–Crippen MR) is 41.5 cm³/mol. The maximum atomic E-state index is 10.4. The summed E-state index contributed by atoms with van der Waals surface area (Å²) in [6.45, 7) is 0.491. The quantitative estimate of drug-likeness (QED) is 0.680. The van der Waals surface area contributed by atoms with Gasteiger partial charge in [0, 0.05) is 0 Å². The molecule has 1 aromatic rings. The number of aromatic nitrogens is 3. The zero-order valence-electron chi connectivity index (χ0n) is 6.93. The van der Waals surface area contributed by atoms with E-state index in [0.29, 0.717) is 12.5 Å². The maximum absolute atomic E-state index is 10.4. The van der Waals surface area contributed by atoms with E-state index in [1.165, 1.54) is 4.68 Å². The van der Waals surface area contributed by atoms with Gasteiger partial charge in [0.2, 0.25) is 0 Å². The molecule has 0 radical (unpaired) electrons. The lowest BCUT2D eigenvalue weighted by atomic mass is 10.2. The molecule has 0 amide bonds. The molecule has 0 saturated carbocycles. The summed E-state index contributed by atoms with van der Waals surface area (Å²) in [5, 5.41) is 16.0. The molecule has 70 valence electrons. The summed E-state index contributed by atoms with van der Waals surface area (Å²) in [7, 11) is 0. The van der Waals surface area contributed by atoms with E-state index in [1.807, 2.05) is 0 Å². The Labute approximate surface area is 74.1 Å². The molecule has 0 atom stereocenters. The summed E-state index contributed by atoms with van der Waals surface area (Å²) in [5.74, 6) is -0.439. The van der Waals surface area contributed by atoms with E-state index in [0.717, 1.165) is 18.5 Å². The van der Waals surface area contributed by atoms with E-state index in [9.17, 15) is 4.79 Å². The molecule has 1 aliphatic rings. The molecule has 0 spiro atoms. The Morgan fingerprint density at radius 1 is 1.69 bits per heavy atom. The van der Waals surface area contributed by atoms with Crippen LogP contribution in [0, 0.1) is 0 Å². The molecular formula is C7H9N3O3. The number of carbonyl (C=O) groups is 1. The Kier molecular flexibility index (Phi) is 1.88. The van der Waals surface area contributed by atoms with E-state index in [2.05, 4.69) is 10.3 Å². The summed E-state index contributed by atoms with van der Waals surface area (Å²) < 4.78 is 6.57. The van der Waals surface area contributed by atoms with E-state index in [-0.39, 0.29) is 6.54 Å². The highest BCUT2D eigenvalue weighted by Crippen LogP contribution is 2.20. The highest BCUT2D eigenvalue weighted by Gasteiger charge is 2.19. The topological polar surface area (TPSA) is 77.2 Å². The highest BCUT2D eigenvalue weighted by molar-refractivity contribution is 5.66. The standard InChI is InChI=1S/C7H9N3O3/c11-6(12)4-10-5-2-1-3-13-7(5)8-9-10/h1-4H2,(H,11,12). The number of ether oxygens (including phenoxy) is 1. The number of nitrogens with zero attached hydrogens (tertiary/aromatic N) is 3. The first-order valence-corrected chi connectivity index (χ1v) is 4.04. The normalized spacial score (nSPS) is 14.8. The molecule has 0 unspecified atom stereocenters. The highest BCUT2D eigenvalue weighted by atomic mass is 16.5. The average molecular weight is 183 g/mol. The summed E-state index contributed by atoms with van der Waals surface area (Å²) in [4.78, 5) is 10.4. The van der Waals surface area contributed by atoms with Gasteiger partial charge in [-0.3, -0.25) is 4.79 Å². The van der Waals surface area contributed by atoms with Crippen LogP contribution in [0.2, 0.25) is 0 Å². The minimum atomic E-state index is -0.918. The average Bonchev–Trinajstić information content (AvgIpc) is 2.48. The third-order valence-electron chi connectivity index (χ3n) is 1.88. The SMILES string of the molecule is O=C(O)Cn1nnc2c1CCCO2. The molecule has 0 fully saturated rings. The van der Waals surface area contributed by atoms with Gasteiger partial charge >= 0.3 is 5.97 Å². The van der Waals surface area contributed by atoms with E-state index >= 15 is 0 Å². The third-order valence-corrected chi connectivity index (χ3v) is 1.88. The lowest BCUT2D eigenvalue weighted by Gasteiger charge is -2.11. The van der Waals surface area contributed by atoms with Crippen molar-refractivity contribution in [2.24, 2.45) is 0 Å². The molecule has 0 aromatic carbocycles.